The van der Waals surface area contributed by atoms with Gasteiger partial charge in [-0.25, -0.2) is 13.6 Å². The van der Waals surface area contributed by atoms with Crippen LogP contribution >= 0.6 is 15.9 Å². The number of anilines is 1. The fourth-order valence-electron chi connectivity index (χ4n) is 1.73. The van der Waals surface area contributed by atoms with Crippen LogP contribution in [0.25, 0.3) is 0 Å². The van der Waals surface area contributed by atoms with Crippen molar-refractivity contribution in [2.24, 2.45) is 0 Å². The summed E-state index contributed by atoms with van der Waals surface area (Å²) in [5.41, 5.74) is -0.325. The Labute approximate surface area is 139 Å². The normalized spacial score (nSPS) is 11.7. The second-order valence-electron chi connectivity index (χ2n) is 4.64. The van der Waals surface area contributed by atoms with Crippen molar-refractivity contribution in [3.63, 3.8) is 0 Å². The Hall–Kier alpha value is -2.28. The van der Waals surface area contributed by atoms with Gasteiger partial charge < -0.3 is 10.1 Å². The number of benzene rings is 2. The Morgan fingerprint density at radius 2 is 1.83 bits per heavy atom. The van der Waals surface area contributed by atoms with Crippen molar-refractivity contribution in [3.8, 4) is 0 Å². The quantitative estimate of drug-likeness (QED) is 0.814. The SMILES string of the molecule is CC(OC(=O)c1ccc(Br)cc1F)C(=O)Nc1ccccc1F. The molecular formula is C16H12BrF2NO3. The van der Waals surface area contributed by atoms with E-state index in [4.69, 9.17) is 4.74 Å². The first kappa shape index (κ1) is 17.1. The van der Waals surface area contributed by atoms with E-state index < -0.39 is 29.6 Å². The third-order valence-corrected chi connectivity index (χ3v) is 3.43. The molecule has 0 aromatic heterocycles. The van der Waals surface area contributed by atoms with E-state index in [2.05, 4.69) is 21.2 Å². The molecule has 2 aromatic carbocycles. The lowest BCUT2D eigenvalue weighted by Crippen LogP contribution is -2.30. The number of carbonyl (C=O) groups excluding carboxylic acids is 2. The summed E-state index contributed by atoms with van der Waals surface area (Å²) < 4.78 is 32.5. The average molecular weight is 384 g/mol. The number of amides is 1. The first-order chi connectivity index (χ1) is 10.9. The van der Waals surface area contributed by atoms with Crippen LogP contribution in [0.4, 0.5) is 14.5 Å². The van der Waals surface area contributed by atoms with Crippen molar-refractivity contribution in [3.05, 3.63) is 64.1 Å². The number of hydrogen-bond donors (Lipinski definition) is 1. The molecule has 0 saturated carbocycles. The fraction of sp³-hybridized carbons (Fsp3) is 0.125. The zero-order chi connectivity index (χ0) is 17.0. The van der Waals surface area contributed by atoms with Gasteiger partial charge in [-0.2, -0.15) is 0 Å². The van der Waals surface area contributed by atoms with E-state index in [0.717, 1.165) is 6.07 Å². The highest BCUT2D eigenvalue weighted by molar-refractivity contribution is 9.10. The van der Waals surface area contributed by atoms with Crippen molar-refractivity contribution >= 4 is 33.5 Å². The van der Waals surface area contributed by atoms with Gasteiger partial charge in [-0.1, -0.05) is 28.1 Å². The molecule has 0 saturated heterocycles. The third kappa shape index (κ3) is 4.35. The number of rotatable bonds is 4. The van der Waals surface area contributed by atoms with Gasteiger partial charge in [0, 0.05) is 4.47 Å². The standard InChI is InChI=1S/C16H12BrF2NO3/c1-9(15(21)20-14-5-3-2-4-12(14)18)23-16(22)11-7-6-10(17)8-13(11)19/h2-9H,1H3,(H,20,21). The number of ether oxygens (including phenoxy) is 1. The molecule has 23 heavy (non-hydrogen) atoms. The maximum atomic E-state index is 13.7. The molecule has 0 bridgehead atoms. The van der Waals surface area contributed by atoms with E-state index in [1.807, 2.05) is 0 Å². The molecule has 0 aliphatic rings. The topological polar surface area (TPSA) is 55.4 Å². The second-order valence-corrected chi connectivity index (χ2v) is 5.56. The van der Waals surface area contributed by atoms with Gasteiger partial charge in [0.1, 0.15) is 11.6 Å². The zero-order valence-electron chi connectivity index (χ0n) is 12.0. The van der Waals surface area contributed by atoms with E-state index in [1.54, 1.807) is 6.07 Å². The summed E-state index contributed by atoms with van der Waals surface area (Å²) in [7, 11) is 0. The lowest BCUT2D eigenvalue weighted by molar-refractivity contribution is -0.123. The van der Waals surface area contributed by atoms with Gasteiger partial charge in [0.2, 0.25) is 0 Å². The molecule has 0 heterocycles. The first-order valence-corrected chi connectivity index (χ1v) is 7.39. The Bertz CT molecular complexity index is 752. The second kappa shape index (κ2) is 7.32. The van der Waals surface area contributed by atoms with Crippen molar-refractivity contribution in [2.45, 2.75) is 13.0 Å². The van der Waals surface area contributed by atoms with Crippen LogP contribution in [-0.2, 0) is 9.53 Å². The molecule has 2 rings (SSSR count). The minimum atomic E-state index is -1.22. The molecule has 7 heteroatoms. The minimum Gasteiger partial charge on any atom is -0.449 e. The van der Waals surface area contributed by atoms with Crippen LogP contribution in [0.1, 0.15) is 17.3 Å². The van der Waals surface area contributed by atoms with Gasteiger partial charge >= 0.3 is 5.97 Å². The summed E-state index contributed by atoms with van der Waals surface area (Å²) in [6.45, 7) is 1.31. The van der Waals surface area contributed by atoms with E-state index in [0.29, 0.717) is 4.47 Å². The van der Waals surface area contributed by atoms with Gasteiger partial charge in [0.25, 0.3) is 5.91 Å². The Balaban J connectivity index is 2.03. The number of nitrogens with one attached hydrogen (secondary N) is 1. The van der Waals surface area contributed by atoms with Gasteiger partial charge in [0.05, 0.1) is 11.3 Å². The number of para-hydroxylation sites is 1. The van der Waals surface area contributed by atoms with E-state index in [1.165, 1.54) is 37.3 Å². The molecule has 0 fully saturated rings. The fourth-order valence-corrected chi connectivity index (χ4v) is 2.06. The predicted molar refractivity (Wildman–Crippen MR) is 84.0 cm³/mol. The Morgan fingerprint density at radius 1 is 1.13 bits per heavy atom. The van der Waals surface area contributed by atoms with Gasteiger partial charge in [-0.15, -0.1) is 0 Å². The highest BCUT2D eigenvalue weighted by atomic mass is 79.9. The molecule has 120 valence electrons. The van der Waals surface area contributed by atoms with Crippen molar-refractivity contribution in [1.29, 1.82) is 0 Å². The smallest absolute Gasteiger partial charge is 0.341 e. The van der Waals surface area contributed by atoms with Crippen molar-refractivity contribution < 1.29 is 23.1 Å². The summed E-state index contributed by atoms with van der Waals surface area (Å²) >= 11 is 3.07. The highest BCUT2D eigenvalue weighted by Crippen LogP contribution is 2.17. The molecule has 2 aromatic rings. The summed E-state index contributed by atoms with van der Waals surface area (Å²) in [5.74, 6) is -3.09. The average Bonchev–Trinajstić information content (AvgIpc) is 2.49. The minimum absolute atomic E-state index is 0.0322. The molecule has 0 spiro atoms. The first-order valence-electron chi connectivity index (χ1n) is 6.60. The van der Waals surface area contributed by atoms with Crippen LogP contribution in [0.2, 0.25) is 0 Å². The van der Waals surface area contributed by atoms with Crippen LogP contribution in [-0.4, -0.2) is 18.0 Å². The molecular weight excluding hydrogens is 372 g/mol. The lowest BCUT2D eigenvalue weighted by atomic mass is 10.2. The van der Waals surface area contributed by atoms with Gasteiger partial charge in [0.15, 0.2) is 6.10 Å². The molecule has 1 atom stereocenters. The van der Waals surface area contributed by atoms with Crippen LogP contribution < -0.4 is 5.32 Å². The predicted octanol–water partition coefficient (Wildman–Crippen LogP) is 3.91. The molecule has 0 aliphatic heterocycles. The molecule has 0 aliphatic carbocycles. The van der Waals surface area contributed by atoms with Crippen LogP contribution in [0.15, 0.2) is 46.9 Å². The number of hydrogen-bond acceptors (Lipinski definition) is 3. The third-order valence-electron chi connectivity index (χ3n) is 2.94. The van der Waals surface area contributed by atoms with E-state index >= 15 is 0 Å². The summed E-state index contributed by atoms with van der Waals surface area (Å²) in [6, 6.07) is 9.41. The number of halogens is 3. The molecule has 1 amide bonds. The zero-order valence-corrected chi connectivity index (χ0v) is 13.6. The Morgan fingerprint density at radius 3 is 2.48 bits per heavy atom. The summed E-state index contributed by atoms with van der Waals surface area (Å²) in [6.07, 6.45) is -1.22. The summed E-state index contributed by atoms with van der Waals surface area (Å²) in [4.78, 5) is 23.8. The van der Waals surface area contributed by atoms with Gasteiger partial charge in [-0.3, -0.25) is 4.79 Å². The van der Waals surface area contributed by atoms with E-state index in [-0.39, 0.29) is 11.3 Å². The van der Waals surface area contributed by atoms with Crippen LogP contribution in [0.3, 0.4) is 0 Å². The lowest BCUT2D eigenvalue weighted by Gasteiger charge is -2.14. The monoisotopic (exact) mass is 383 g/mol. The molecule has 0 radical (unpaired) electrons. The summed E-state index contributed by atoms with van der Waals surface area (Å²) in [5, 5.41) is 2.30. The molecule has 1 unspecified atom stereocenters. The maximum Gasteiger partial charge on any atom is 0.341 e. The van der Waals surface area contributed by atoms with Crippen molar-refractivity contribution in [2.75, 3.05) is 5.32 Å². The maximum absolute atomic E-state index is 13.7. The van der Waals surface area contributed by atoms with Crippen LogP contribution in [0.5, 0.6) is 0 Å². The largest absolute Gasteiger partial charge is 0.449 e. The Kier molecular flexibility index (Phi) is 5.44. The van der Waals surface area contributed by atoms with Gasteiger partial charge in [-0.05, 0) is 37.3 Å². The molecule has 4 nitrogen and oxygen atoms in total. The highest BCUT2D eigenvalue weighted by Gasteiger charge is 2.22. The van der Waals surface area contributed by atoms with Crippen molar-refractivity contribution in [1.82, 2.24) is 0 Å². The number of esters is 1. The number of carbonyl (C=O) groups is 2. The van der Waals surface area contributed by atoms with Crippen LogP contribution in [0, 0.1) is 11.6 Å². The van der Waals surface area contributed by atoms with E-state index in [9.17, 15) is 18.4 Å². The molecule has 1 N–H and O–H groups in total.